The van der Waals surface area contributed by atoms with E-state index in [1.807, 2.05) is 11.7 Å². The molecule has 0 fully saturated rings. The van der Waals surface area contributed by atoms with Crippen LogP contribution < -0.4 is 9.46 Å². The van der Waals surface area contributed by atoms with E-state index in [1.165, 1.54) is 17.7 Å². The third-order valence-electron chi connectivity index (χ3n) is 4.55. The molecule has 2 aromatic rings. The van der Waals surface area contributed by atoms with Gasteiger partial charge in [-0.1, -0.05) is 0 Å². The highest BCUT2D eigenvalue weighted by Crippen LogP contribution is 2.25. The van der Waals surface area contributed by atoms with Crippen molar-refractivity contribution in [3.63, 3.8) is 0 Å². The Morgan fingerprint density at radius 3 is 2.75 bits per heavy atom. The summed E-state index contributed by atoms with van der Waals surface area (Å²) in [6, 6.07) is 4.95. The molecule has 1 aliphatic carbocycles. The molecule has 0 amide bonds. The molecule has 0 radical (unpaired) electrons. The van der Waals surface area contributed by atoms with E-state index >= 15 is 0 Å². The molecule has 3 rings (SSSR count). The van der Waals surface area contributed by atoms with E-state index in [4.69, 9.17) is 4.74 Å². The van der Waals surface area contributed by atoms with E-state index in [0.717, 1.165) is 25.0 Å². The smallest absolute Gasteiger partial charge is 0.241 e. The molecular formula is C17H23N3O3S. The van der Waals surface area contributed by atoms with E-state index in [1.54, 1.807) is 32.2 Å². The average Bonchev–Trinajstić information content (AvgIpc) is 2.89. The zero-order chi connectivity index (χ0) is 17.3. The molecule has 6 nitrogen and oxygen atoms in total. The van der Waals surface area contributed by atoms with Crippen molar-refractivity contribution in [1.82, 2.24) is 14.5 Å². The van der Waals surface area contributed by atoms with Gasteiger partial charge >= 0.3 is 0 Å². The van der Waals surface area contributed by atoms with Crippen molar-refractivity contribution in [1.29, 1.82) is 0 Å². The molecule has 130 valence electrons. The van der Waals surface area contributed by atoms with Gasteiger partial charge in [0.2, 0.25) is 10.0 Å². The standard InChI is InChI=1S/C17H23N3O3S/c1-12-10-13(23-3)8-9-17(12)24(21,22)18-11-15-14-6-4-5-7-16(14)20(2)19-15/h8-10,18H,4-7,11H2,1-3H3. The van der Waals surface area contributed by atoms with Crippen LogP contribution in [-0.2, 0) is 36.5 Å². The third kappa shape index (κ3) is 3.18. The van der Waals surface area contributed by atoms with E-state index < -0.39 is 10.0 Å². The van der Waals surface area contributed by atoms with Crippen LogP contribution in [0, 0.1) is 6.92 Å². The number of hydrogen-bond acceptors (Lipinski definition) is 4. The quantitative estimate of drug-likeness (QED) is 0.897. The number of fused-ring (bicyclic) bond motifs is 1. The van der Waals surface area contributed by atoms with Crippen LogP contribution in [0.25, 0.3) is 0 Å². The fourth-order valence-electron chi connectivity index (χ4n) is 3.29. The van der Waals surface area contributed by atoms with Crippen LogP contribution in [0.5, 0.6) is 5.75 Å². The number of ether oxygens (including phenoxy) is 1. The van der Waals surface area contributed by atoms with Crippen molar-refractivity contribution in [3.8, 4) is 5.75 Å². The number of sulfonamides is 1. The molecule has 0 spiro atoms. The summed E-state index contributed by atoms with van der Waals surface area (Å²) in [7, 11) is -0.0989. The van der Waals surface area contributed by atoms with Crippen molar-refractivity contribution in [2.24, 2.45) is 7.05 Å². The number of methoxy groups -OCH3 is 1. The van der Waals surface area contributed by atoms with Gasteiger partial charge in [0.1, 0.15) is 5.75 Å². The Labute approximate surface area is 142 Å². The summed E-state index contributed by atoms with van der Waals surface area (Å²) >= 11 is 0. The van der Waals surface area contributed by atoms with Crippen molar-refractivity contribution < 1.29 is 13.2 Å². The predicted molar refractivity (Wildman–Crippen MR) is 91.6 cm³/mol. The second kappa shape index (κ2) is 6.57. The molecule has 0 saturated carbocycles. The van der Waals surface area contributed by atoms with Gasteiger partial charge in [-0.2, -0.15) is 5.10 Å². The average molecular weight is 349 g/mol. The number of nitrogens with one attached hydrogen (secondary N) is 1. The van der Waals surface area contributed by atoms with E-state index in [-0.39, 0.29) is 11.4 Å². The molecule has 1 aromatic carbocycles. The minimum Gasteiger partial charge on any atom is -0.497 e. The van der Waals surface area contributed by atoms with Crippen LogP contribution in [0.3, 0.4) is 0 Å². The predicted octanol–water partition coefficient (Wildman–Crippen LogP) is 2.09. The van der Waals surface area contributed by atoms with Gasteiger partial charge in [0.15, 0.2) is 0 Å². The van der Waals surface area contributed by atoms with Gasteiger partial charge in [-0.25, -0.2) is 13.1 Å². The zero-order valence-corrected chi connectivity index (χ0v) is 15.1. The van der Waals surface area contributed by atoms with Crippen LogP contribution in [-0.4, -0.2) is 25.3 Å². The first-order valence-electron chi connectivity index (χ1n) is 8.10. The Bertz CT molecular complexity index is 856. The van der Waals surface area contributed by atoms with Crippen LogP contribution in [0.15, 0.2) is 23.1 Å². The minimum absolute atomic E-state index is 0.219. The zero-order valence-electron chi connectivity index (χ0n) is 14.3. The highest BCUT2D eigenvalue weighted by atomic mass is 32.2. The monoisotopic (exact) mass is 349 g/mol. The normalized spacial score (nSPS) is 14.5. The molecule has 1 N–H and O–H groups in total. The fourth-order valence-corrected chi connectivity index (χ4v) is 4.50. The summed E-state index contributed by atoms with van der Waals surface area (Å²) in [6.07, 6.45) is 4.30. The third-order valence-corrected chi connectivity index (χ3v) is 6.11. The molecule has 0 saturated heterocycles. The van der Waals surface area contributed by atoms with Gasteiger partial charge in [0.05, 0.1) is 24.2 Å². The Morgan fingerprint density at radius 1 is 1.29 bits per heavy atom. The van der Waals surface area contributed by atoms with Crippen molar-refractivity contribution >= 4 is 10.0 Å². The van der Waals surface area contributed by atoms with Gasteiger partial charge in [-0.15, -0.1) is 0 Å². The molecule has 0 atom stereocenters. The SMILES string of the molecule is COc1ccc(S(=O)(=O)NCc2nn(C)c3c2CCCC3)c(C)c1. The van der Waals surface area contributed by atoms with E-state index in [0.29, 0.717) is 11.3 Å². The largest absolute Gasteiger partial charge is 0.497 e. The molecule has 7 heteroatoms. The van der Waals surface area contributed by atoms with Crippen LogP contribution in [0.1, 0.15) is 35.4 Å². The molecule has 1 aliphatic rings. The lowest BCUT2D eigenvalue weighted by Crippen LogP contribution is -2.25. The van der Waals surface area contributed by atoms with Crippen LogP contribution >= 0.6 is 0 Å². The molecular weight excluding hydrogens is 326 g/mol. The van der Waals surface area contributed by atoms with Crippen molar-refractivity contribution in [3.05, 3.63) is 40.7 Å². The van der Waals surface area contributed by atoms with Crippen LogP contribution in [0.2, 0.25) is 0 Å². The van der Waals surface area contributed by atoms with Crippen LogP contribution in [0.4, 0.5) is 0 Å². The highest BCUT2D eigenvalue weighted by molar-refractivity contribution is 7.89. The maximum absolute atomic E-state index is 12.6. The van der Waals surface area contributed by atoms with Gasteiger partial charge in [-0.05, 0) is 61.9 Å². The first-order valence-corrected chi connectivity index (χ1v) is 9.58. The molecule has 1 aromatic heterocycles. The second-order valence-corrected chi connectivity index (χ2v) is 7.89. The summed E-state index contributed by atoms with van der Waals surface area (Å²) in [4.78, 5) is 0.271. The Balaban J connectivity index is 1.81. The maximum atomic E-state index is 12.6. The molecule has 24 heavy (non-hydrogen) atoms. The first kappa shape index (κ1) is 17.0. The Hall–Kier alpha value is -1.86. The Kier molecular flexibility index (Phi) is 4.64. The van der Waals surface area contributed by atoms with Gasteiger partial charge in [-0.3, -0.25) is 4.68 Å². The number of aryl methyl sites for hydroxylation is 2. The summed E-state index contributed by atoms with van der Waals surface area (Å²) in [6.45, 7) is 1.98. The lowest BCUT2D eigenvalue weighted by molar-refractivity contribution is 0.414. The van der Waals surface area contributed by atoms with Gasteiger partial charge in [0.25, 0.3) is 0 Å². The summed E-state index contributed by atoms with van der Waals surface area (Å²) in [5, 5.41) is 4.51. The van der Waals surface area contributed by atoms with Crippen molar-refractivity contribution in [2.75, 3.05) is 7.11 Å². The lowest BCUT2D eigenvalue weighted by atomic mass is 9.96. The number of hydrogen-bond donors (Lipinski definition) is 1. The second-order valence-electron chi connectivity index (χ2n) is 6.16. The number of nitrogens with zero attached hydrogens (tertiary/aromatic N) is 2. The van der Waals surface area contributed by atoms with Gasteiger partial charge < -0.3 is 4.74 Å². The number of rotatable bonds is 5. The van der Waals surface area contributed by atoms with Crippen molar-refractivity contribution in [2.45, 2.75) is 44.0 Å². The summed E-state index contributed by atoms with van der Waals surface area (Å²) in [5.41, 5.74) is 3.93. The Morgan fingerprint density at radius 2 is 2.04 bits per heavy atom. The topological polar surface area (TPSA) is 73.2 Å². The molecule has 0 unspecified atom stereocenters. The molecule has 0 bridgehead atoms. The molecule has 1 heterocycles. The number of benzene rings is 1. The van der Waals surface area contributed by atoms with E-state index in [2.05, 4.69) is 9.82 Å². The fraction of sp³-hybridized carbons (Fsp3) is 0.471. The first-order chi connectivity index (χ1) is 11.4. The summed E-state index contributed by atoms with van der Waals surface area (Å²) < 4.78 is 34.9. The van der Waals surface area contributed by atoms with E-state index in [9.17, 15) is 8.42 Å². The number of aromatic nitrogens is 2. The maximum Gasteiger partial charge on any atom is 0.241 e. The summed E-state index contributed by atoms with van der Waals surface area (Å²) in [5.74, 6) is 0.644. The highest BCUT2D eigenvalue weighted by Gasteiger charge is 2.22. The molecule has 0 aliphatic heterocycles. The lowest BCUT2D eigenvalue weighted by Gasteiger charge is -2.13. The minimum atomic E-state index is -3.59. The van der Waals surface area contributed by atoms with Gasteiger partial charge in [0, 0.05) is 12.7 Å².